The van der Waals surface area contributed by atoms with Crippen LogP contribution in [0.5, 0.6) is 5.88 Å². The third-order valence-corrected chi connectivity index (χ3v) is 8.00. The molecular formula is C28H29ClF3N5O3. The Kier molecular flexibility index (Phi) is 7.54. The second-order valence-corrected chi connectivity index (χ2v) is 10.9. The molecule has 4 N–H and O–H groups in total. The smallest absolute Gasteiger partial charge is 0.429 e. The first-order valence-electron chi connectivity index (χ1n) is 12.9. The maximum atomic E-state index is 14.2. The van der Waals surface area contributed by atoms with Crippen LogP contribution >= 0.6 is 11.6 Å². The van der Waals surface area contributed by atoms with Crippen molar-refractivity contribution in [3.05, 3.63) is 64.7 Å². The van der Waals surface area contributed by atoms with Crippen LogP contribution in [0.1, 0.15) is 36.5 Å². The lowest BCUT2D eigenvalue weighted by Crippen LogP contribution is -2.41. The van der Waals surface area contributed by atoms with E-state index in [2.05, 4.69) is 15.3 Å². The SMILES string of the molecule is Cc1cc(Cl)ccc1-c1ccc(C(Oc2cc(N3CCC4(CC3)CN[C@H](C(=O)O)C4)nc(N)n2)C(F)(F)F)cc1. The number of hydrogen-bond acceptors (Lipinski definition) is 7. The normalized spacial score (nSPS) is 19.5. The minimum absolute atomic E-state index is 0.0803. The average molecular weight is 576 g/mol. The molecule has 0 aliphatic carbocycles. The molecule has 2 saturated heterocycles. The summed E-state index contributed by atoms with van der Waals surface area (Å²) in [5.41, 5.74) is 8.18. The number of benzene rings is 2. The third-order valence-electron chi connectivity index (χ3n) is 7.76. The van der Waals surface area contributed by atoms with E-state index >= 15 is 0 Å². The van der Waals surface area contributed by atoms with Gasteiger partial charge in [-0.1, -0.05) is 41.9 Å². The predicted molar refractivity (Wildman–Crippen MR) is 145 cm³/mol. The van der Waals surface area contributed by atoms with Crippen molar-refractivity contribution in [1.82, 2.24) is 15.3 Å². The van der Waals surface area contributed by atoms with Crippen LogP contribution in [0.3, 0.4) is 0 Å². The molecule has 8 nitrogen and oxygen atoms in total. The molecule has 0 saturated carbocycles. The number of rotatable bonds is 6. The fourth-order valence-corrected chi connectivity index (χ4v) is 5.80. The molecule has 2 aliphatic rings. The van der Waals surface area contributed by atoms with E-state index in [1.54, 1.807) is 24.3 Å². The molecule has 0 bridgehead atoms. The summed E-state index contributed by atoms with van der Waals surface area (Å²) in [7, 11) is 0. The second kappa shape index (κ2) is 10.8. The van der Waals surface area contributed by atoms with Crippen molar-refractivity contribution in [1.29, 1.82) is 0 Å². The van der Waals surface area contributed by atoms with Gasteiger partial charge in [0.05, 0.1) is 0 Å². The highest BCUT2D eigenvalue weighted by molar-refractivity contribution is 6.30. The van der Waals surface area contributed by atoms with Crippen LogP contribution in [0.15, 0.2) is 48.5 Å². The number of aliphatic carboxylic acids is 1. The van der Waals surface area contributed by atoms with Crippen molar-refractivity contribution >= 4 is 29.3 Å². The number of anilines is 2. The summed E-state index contributed by atoms with van der Waals surface area (Å²) in [6.45, 7) is 3.60. The van der Waals surface area contributed by atoms with Gasteiger partial charge in [0.2, 0.25) is 17.9 Å². The molecule has 0 radical (unpaired) electrons. The van der Waals surface area contributed by atoms with E-state index in [-0.39, 0.29) is 22.8 Å². The molecule has 2 fully saturated rings. The van der Waals surface area contributed by atoms with E-state index in [4.69, 9.17) is 22.1 Å². The summed E-state index contributed by atoms with van der Waals surface area (Å²) in [5.74, 6) is -0.974. The number of piperidine rings is 1. The summed E-state index contributed by atoms with van der Waals surface area (Å²) in [6.07, 6.45) is -5.01. The Morgan fingerprint density at radius 2 is 1.88 bits per heavy atom. The Hall–Kier alpha value is -3.57. The largest absolute Gasteiger partial charge is 0.480 e. The zero-order valence-electron chi connectivity index (χ0n) is 21.7. The maximum absolute atomic E-state index is 14.2. The lowest BCUT2D eigenvalue weighted by atomic mass is 9.76. The van der Waals surface area contributed by atoms with Gasteiger partial charge in [-0.3, -0.25) is 4.79 Å². The molecule has 40 heavy (non-hydrogen) atoms. The van der Waals surface area contributed by atoms with Gasteiger partial charge in [0.25, 0.3) is 0 Å². The lowest BCUT2D eigenvalue weighted by molar-refractivity contribution is -0.198. The van der Waals surface area contributed by atoms with Crippen molar-refractivity contribution in [3.8, 4) is 17.0 Å². The summed E-state index contributed by atoms with van der Waals surface area (Å²) >= 11 is 6.03. The molecule has 0 amide bonds. The number of ether oxygens (including phenoxy) is 1. The van der Waals surface area contributed by atoms with Gasteiger partial charge >= 0.3 is 12.1 Å². The Morgan fingerprint density at radius 1 is 1.18 bits per heavy atom. The van der Waals surface area contributed by atoms with Crippen LogP contribution < -0.4 is 20.7 Å². The molecule has 212 valence electrons. The molecule has 1 spiro atoms. The summed E-state index contributed by atoms with van der Waals surface area (Å²) < 4.78 is 47.9. The number of aromatic nitrogens is 2. The van der Waals surface area contributed by atoms with Gasteiger partial charge in [-0.2, -0.15) is 23.1 Å². The molecule has 1 unspecified atom stereocenters. The van der Waals surface area contributed by atoms with Crippen molar-refractivity contribution < 1.29 is 27.8 Å². The van der Waals surface area contributed by atoms with Crippen LogP contribution in [0.25, 0.3) is 11.1 Å². The van der Waals surface area contributed by atoms with Gasteiger partial charge in [0.1, 0.15) is 11.9 Å². The number of nitrogens with zero attached hydrogens (tertiary/aromatic N) is 3. The molecule has 3 heterocycles. The first-order valence-corrected chi connectivity index (χ1v) is 13.3. The van der Waals surface area contributed by atoms with Crippen molar-refractivity contribution in [2.45, 2.75) is 44.5 Å². The van der Waals surface area contributed by atoms with Gasteiger partial charge in [0.15, 0.2) is 0 Å². The summed E-state index contributed by atoms with van der Waals surface area (Å²) in [6, 6.07) is 12.2. The standard InChI is InChI=1S/C28H29ClF3N5O3/c1-16-12-19(29)6-7-20(16)17-2-4-18(5-3-17)24(28(30,31)32)40-23-13-22(35-26(33)36-23)37-10-8-27(9-11-37)14-21(25(38)39)34-15-27/h2-7,12-13,21,24,34H,8-11,14-15H2,1H3,(H,38,39)(H2,33,35,36)/t21-,24?/m0/s1. The van der Waals surface area contributed by atoms with Gasteiger partial charge in [-0.05, 0) is 60.4 Å². The number of nitrogen functional groups attached to an aromatic ring is 1. The molecule has 2 aromatic carbocycles. The van der Waals surface area contributed by atoms with E-state index in [1.807, 2.05) is 17.9 Å². The van der Waals surface area contributed by atoms with E-state index in [0.717, 1.165) is 16.7 Å². The first-order chi connectivity index (χ1) is 18.9. The number of alkyl halides is 3. The quantitative estimate of drug-likeness (QED) is 0.358. The Bertz CT molecular complexity index is 1390. The highest BCUT2D eigenvalue weighted by Crippen LogP contribution is 2.41. The summed E-state index contributed by atoms with van der Waals surface area (Å²) in [5, 5.41) is 13.0. The minimum atomic E-state index is -4.72. The van der Waals surface area contributed by atoms with E-state index in [0.29, 0.717) is 49.7 Å². The first kappa shape index (κ1) is 28.0. The average Bonchev–Trinajstić information content (AvgIpc) is 3.31. The summed E-state index contributed by atoms with van der Waals surface area (Å²) in [4.78, 5) is 21.4. The number of halogens is 4. The van der Waals surface area contributed by atoms with Gasteiger partial charge in [0, 0.05) is 36.3 Å². The van der Waals surface area contributed by atoms with Gasteiger partial charge < -0.3 is 25.8 Å². The zero-order valence-corrected chi connectivity index (χ0v) is 22.5. The van der Waals surface area contributed by atoms with E-state index in [9.17, 15) is 23.1 Å². The number of hydrogen-bond donors (Lipinski definition) is 3. The molecule has 2 atom stereocenters. The van der Waals surface area contributed by atoms with E-state index in [1.165, 1.54) is 18.2 Å². The topological polar surface area (TPSA) is 114 Å². The fraction of sp³-hybridized carbons (Fsp3) is 0.393. The third kappa shape index (κ3) is 5.95. The molecule has 12 heteroatoms. The number of carboxylic acid groups (broad SMARTS) is 1. The maximum Gasteiger partial charge on any atom is 0.429 e. The Balaban J connectivity index is 1.33. The molecule has 2 aliphatic heterocycles. The monoisotopic (exact) mass is 575 g/mol. The van der Waals surface area contributed by atoms with Crippen LogP contribution in [0, 0.1) is 12.3 Å². The van der Waals surface area contributed by atoms with Crippen molar-refractivity contribution in [2.24, 2.45) is 5.41 Å². The highest BCUT2D eigenvalue weighted by Gasteiger charge is 2.45. The highest BCUT2D eigenvalue weighted by atomic mass is 35.5. The molecular weight excluding hydrogens is 547 g/mol. The van der Waals surface area contributed by atoms with Crippen LogP contribution in [-0.2, 0) is 4.79 Å². The van der Waals surface area contributed by atoms with Crippen LogP contribution in [0.2, 0.25) is 5.02 Å². The van der Waals surface area contributed by atoms with Crippen molar-refractivity contribution in [2.75, 3.05) is 30.3 Å². The number of aryl methyl sites for hydroxylation is 1. The Labute approximate surface area is 234 Å². The van der Waals surface area contributed by atoms with E-state index < -0.39 is 24.3 Å². The molecule has 3 aromatic rings. The Morgan fingerprint density at radius 3 is 2.48 bits per heavy atom. The number of carboxylic acids is 1. The van der Waals surface area contributed by atoms with Gasteiger partial charge in [-0.15, -0.1) is 0 Å². The fourth-order valence-electron chi connectivity index (χ4n) is 5.57. The van der Waals surface area contributed by atoms with Gasteiger partial charge in [-0.25, -0.2) is 0 Å². The van der Waals surface area contributed by atoms with Crippen LogP contribution in [-0.4, -0.2) is 52.9 Å². The zero-order chi connectivity index (χ0) is 28.7. The molecule has 5 rings (SSSR count). The second-order valence-electron chi connectivity index (χ2n) is 10.5. The predicted octanol–water partition coefficient (Wildman–Crippen LogP) is 5.40. The van der Waals surface area contributed by atoms with Crippen LogP contribution in [0.4, 0.5) is 24.9 Å². The number of nitrogens with one attached hydrogen (secondary N) is 1. The molecule has 1 aromatic heterocycles. The number of carbonyl (C=O) groups is 1. The number of nitrogens with two attached hydrogens (primary N) is 1. The lowest BCUT2D eigenvalue weighted by Gasteiger charge is -2.39. The minimum Gasteiger partial charge on any atom is -0.480 e. The van der Waals surface area contributed by atoms with Crippen molar-refractivity contribution in [3.63, 3.8) is 0 Å².